The van der Waals surface area contributed by atoms with Crippen LogP contribution in [0, 0.1) is 0 Å². The highest BCUT2D eigenvalue weighted by molar-refractivity contribution is 5.96. The van der Waals surface area contributed by atoms with Crippen LogP contribution >= 0.6 is 0 Å². The normalized spacial score (nSPS) is 11.8. The van der Waals surface area contributed by atoms with Gasteiger partial charge in [0.05, 0.1) is 18.5 Å². The highest BCUT2D eigenvalue weighted by Crippen LogP contribution is 2.32. The van der Waals surface area contributed by atoms with Crippen molar-refractivity contribution in [2.45, 2.75) is 25.7 Å². The molecule has 11 heteroatoms. The molecule has 0 bridgehead atoms. The highest BCUT2D eigenvalue weighted by atomic mass is 19.4. The monoisotopic (exact) mass is 508 g/mol. The first-order valence-corrected chi connectivity index (χ1v) is 11.5. The molecule has 5 rings (SSSR count). The Labute approximate surface area is 210 Å². The van der Waals surface area contributed by atoms with E-state index in [0.29, 0.717) is 27.5 Å². The molecule has 3 heterocycles. The lowest BCUT2D eigenvalue weighted by Crippen LogP contribution is -2.18. The Hall–Kier alpha value is -4.25. The Kier molecular flexibility index (Phi) is 6.87. The fourth-order valence-corrected chi connectivity index (χ4v) is 3.93. The molecule has 0 fully saturated rings. The lowest BCUT2D eigenvalue weighted by atomic mass is 10.1. The SMILES string of the molecule is COc1ccc(CCNCc2cccc(COc3nn4c(C(F)(F)F)nnc4c4ccccc34)n2)cc1. The molecule has 2 aromatic carbocycles. The number of halogens is 3. The minimum Gasteiger partial charge on any atom is -0.497 e. The second-order valence-electron chi connectivity index (χ2n) is 8.29. The van der Waals surface area contributed by atoms with Gasteiger partial charge in [0.25, 0.3) is 5.82 Å². The third kappa shape index (κ3) is 5.46. The van der Waals surface area contributed by atoms with Gasteiger partial charge in [0.15, 0.2) is 5.65 Å². The maximum absolute atomic E-state index is 13.4. The van der Waals surface area contributed by atoms with Crippen molar-refractivity contribution in [3.05, 3.63) is 89.5 Å². The molecular weight excluding hydrogens is 485 g/mol. The zero-order chi connectivity index (χ0) is 25.8. The Morgan fingerprint density at radius 1 is 0.892 bits per heavy atom. The van der Waals surface area contributed by atoms with Crippen LogP contribution in [0.4, 0.5) is 13.2 Å². The fourth-order valence-electron chi connectivity index (χ4n) is 3.93. The van der Waals surface area contributed by atoms with Crippen LogP contribution in [0.15, 0.2) is 66.7 Å². The Bertz CT molecular complexity index is 1520. The minimum absolute atomic E-state index is 0.0103. The van der Waals surface area contributed by atoms with E-state index in [0.717, 1.165) is 24.4 Å². The van der Waals surface area contributed by atoms with Gasteiger partial charge in [0.2, 0.25) is 5.88 Å². The van der Waals surface area contributed by atoms with E-state index in [1.165, 1.54) is 5.56 Å². The quantitative estimate of drug-likeness (QED) is 0.291. The molecule has 3 aromatic heterocycles. The van der Waals surface area contributed by atoms with Crippen molar-refractivity contribution in [1.29, 1.82) is 0 Å². The van der Waals surface area contributed by atoms with E-state index in [4.69, 9.17) is 9.47 Å². The number of nitrogens with zero attached hydrogens (tertiary/aromatic N) is 5. The van der Waals surface area contributed by atoms with Crippen LogP contribution in [0.1, 0.15) is 22.8 Å². The van der Waals surface area contributed by atoms with Gasteiger partial charge in [-0.2, -0.15) is 17.7 Å². The number of aromatic nitrogens is 5. The summed E-state index contributed by atoms with van der Waals surface area (Å²) in [5, 5.41) is 15.4. The number of ether oxygens (including phenoxy) is 2. The Morgan fingerprint density at radius 3 is 2.41 bits per heavy atom. The molecule has 0 aliphatic heterocycles. The van der Waals surface area contributed by atoms with Gasteiger partial charge in [0.1, 0.15) is 12.4 Å². The summed E-state index contributed by atoms with van der Waals surface area (Å²) in [5.74, 6) is -0.345. The van der Waals surface area contributed by atoms with Crippen LogP contribution in [-0.2, 0) is 25.7 Å². The van der Waals surface area contributed by atoms with Crippen molar-refractivity contribution in [3.8, 4) is 11.6 Å². The summed E-state index contributed by atoms with van der Waals surface area (Å²) in [6.45, 7) is 1.36. The molecule has 0 radical (unpaired) electrons. The van der Waals surface area contributed by atoms with Crippen molar-refractivity contribution in [2.75, 3.05) is 13.7 Å². The molecule has 0 amide bonds. The van der Waals surface area contributed by atoms with Crippen LogP contribution in [0.5, 0.6) is 11.6 Å². The molecule has 190 valence electrons. The summed E-state index contributed by atoms with van der Waals surface area (Å²) in [7, 11) is 1.64. The van der Waals surface area contributed by atoms with Crippen molar-refractivity contribution in [1.82, 2.24) is 30.1 Å². The Morgan fingerprint density at radius 2 is 1.65 bits per heavy atom. The largest absolute Gasteiger partial charge is 0.497 e. The lowest BCUT2D eigenvalue weighted by Gasteiger charge is -2.11. The van der Waals surface area contributed by atoms with E-state index in [1.807, 2.05) is 36.4 Å². The maximum Gasteiger partial charge on any atom is 0.453 e. The van der Waals surface area contributed by atoms with Gasteiger partial charge in [-0.05, 0) is 48.9 Å². The fraction of sp³-hybridized carbons (Fsp3) is 0.231. The van der Waals surface area contributed by atoms with Gasteiger partial charge in [-0.1, -0.05) is 36.4 Å². The number of benzene rings is 2. The zero-order valence-corrected chi connectivity index (χ0v) is 19.9. The third-order valence-corrected chi connectivity index (χ3v) is 5.76. The van der Waals surface area contributed by atoms with Crippen LogP contribution in [0.3, 0.4) is 0 Å². The summed E-state index contributed by atoms with van der Waals surface area (Å²) in [6.07, 6.45) is -3.85. The second-order valence-corrected chi connectivity index (χ2v) is 8.29. The zero-order valence-electron chi connectivity index (χ0n) is 19.9. The van der Waals surface area contributed by atoms with E-state index in [9.17, 15) is 13.2 Å². The van der Waals surface area contributed by atoms with Gasteiger partial charge in [-0.3, -0.25) is 4.98 Å². The van der Waals surface area contributed by atoms with Gasteiger partial charge < -0.3 is 14.8 Å². The molecular formula is C26H23F3N6O2. The summed E-state index contributed by atoms with van der Waals surface area (Å²) in [5.41, 5.74) is 2.65. The van der Waals surface area contributed by atoms with Crippen molar-refractivity contribution in [3.63, 3.8) is 0 Å². The first-order chi connectivity index (χ1) is 17.9. The van der Waals surface area contributed by atoms with E-state index < -0.39 is 12.0 Å². The first kappa shape index (κ1) is 24.4. The number of hydrogen-bond donors (Lipinski definition) is 1. The Balaban J connectivity index is 1.26. The summed E-state index contributed by atoms with van der Waals surface area (Å²) in [4.78, 5) is 4.60. The molecule has 0 aliphatic rings. The van der Waals surface area contributed by atoms with E-state index in [-0.39, 0.29) is 18.1 Å². The molecule has 8 nitrogen and oxygen atoms in total. The number of pyridine rings is 1. The number of hydrogen-bond acceptors (Lipinski definition) is 7. The van der Waals surface area contributed by atoms with E-state index in [2.05, 4.69) is 25.6 Å². The standard InChI is InChI=1S/C26H23F3N6O2/c1-36-20-11-9-17(10-12-20)13-14-30-15-18-5-4-6-19(31-18)16-37-24-22-8-3-2-7-21(22)23-32-33-25(26(27,28)29)35(23)34-24/h2-12,30H,13-16H2,1H3. The van der Waals surface area contributed by atoms with Gasteiger partial charge in [0, 0.05) is 17.3 Å². The van der Waals surface area contributed by atoms with Gasteiger partial charge in [-0.15, -0.1) is 15.3 Å². The molecule has 0 atom stereocenters. The van der Waals surface area contributed by atoms with Crippen molar-refractivity contribution in [2.24, 2.45) is 0 Å². The van der Waals surface area contributed by atoms with Crippen molar-refractivity contribution >= 4 is 16.4 Å². The molecule has 0 saturated carbocycles. The number of alkyl halides is 3. The predicted molar refractivity (Wildman–Crippen MR) is 130 cm³/mol. The molecule has 1 N–H and O–H groups in total. The number of rotatable bonds is 9. The molecule has 0 spiro atoms. The molecule has 0 aliphatic carbocycles. The van der Waals surface area contributed by atoms with Crippen LogP contribution in [0.25, 0.3) is 16.4 Å². The van der Waals surface area contributed by atoms with Crippen LogP contribution in [0.2, 0.25) is 0 Å². The van der Waals surface area contributed by atoms with Gasteiger partial charge >= 0.3 is 6.18 Å². The smallest absolute Gasteiger partial charge is 0.453 e. The summed E-state index contributed by atoms with van der Waals surface area (Å²) < 4.78 is 51.9. The third-order valence-electron chi connectivity index (χ3n) is 5.76. The van der Waals surface area contributed by atoms with Crippen LogP contribution < -0.4 is 14.8 Å². The highest BCUT2D eigenvalue weighted by Gasteiger charge is 2.38. The average molecular weight is 509 g/mol. The predicted octanol–water partition coefficient (Wildman–Crippen LogP) is 4.61. The number of nitrogens with one attached hydrogen (secondary N) is 1. The molecule has 0 unspecified atom stereocenters. The first-order valence-electron chi connectivity index (χ1n) is 11.5. The van der Waals surface area contributed by atoms with E-state index in [1.54, 1.807) is 37.4 Å². The molecule has 0 saturated heterocycles. The minimum atomic E-state index is -4.71. The average Bonchev–Trinajstić information content (AvgIpc) is 3.35. The molecule has 37 heavy (non-hydrogen) atoms. The number of fused-ring (bicyclic) bond motifs is 3. The number of methoxy groups -OCH3 is 1. The van der Waals surface area contributed by atoms with E-state index >= 15 is 0 Å². The van der Waals surface area contributed by atoms with Crippen molar-refractivity contribution < 1.29 is 22.6 Å². The van der Waals surface area contributed by atoms with Crippen LogP contribution in [-0.4, -0.2) is 38.4 Å². The lowest BCUT2D eigenvalue weighted by molar-refractivity contribution is -0.146. The molecule has 5 aromatic rings. The maximum atomic E-state index is 13.4. The summed E-state index contributed by atoms with van der Waals surface area (Å²) in [6, 6.07) is 20.3. The summed E-state index contributed by atoms with van der Waals surface area (Å²) >= 11 is 0. The topological polar surface area (TPSA) is 86.5 Å². The van der Waals surface area contributed by atoms with Gasteiger partial charge in [-0.25, -0.2) is 0 Å². The second kappa shape index (κ2) is 10.4.